The standard InChI is InChI=1S/C28H24F3N3O4/c1-16-9-10-17(2)19(13-16)12-11-18-5-4-8-23(24(18)35)32-15-22-25(28(29,30)31)33-34(26(22)36)21-7-3-6-20(14-21)27(37)38/h3-10,13-15,33,35H,11-12H2,1-2H3,(H,37,38). The van der Waals surface area contributed by atoms with Crippen LogP contribution in [-0.2, 0) is 19.0 Å². The number of nitrogens with zero attached hydrogens (tertiary/aromatic N) is 2. The molecule has 38 heavy (non-hydrogen) atoms. The van der Waals surface area contributed by atoms with Gasteiger partial charge in [0.25, 0.3) is 5.56 Å². The molecule has 0 aliphatic carbocycles. The van der Waals surface area contributed by atoms with Gasteiger partial charge in [-0.05, 0) is 67.6 Å². The fourth-order valence-electron chi connectivity index (χ4n) is 4.10. The zero-order valence-electron chi connectivity index (χ0n) is 20.5. The summed E-state index contributed by atoms with van der Waals surface area (Å²) in [5.74, 6) is -1.48. The highest BCUT2D eigenvalue weighted by Crippen LogP contribution is 2.33. The lowest BCUT2D eigenvalue weighted by Gasteiger charge is -2.10. The summed E-state index contributed by atoms with van der Waals surface area (Å²) in [7, 11) is 0. The number of H-pyrrole nitrogens is 1. The molecular formula is C28H24F3N3O4. The number of phenols is 1. The number of aryl methyl sites for hydroxylation is 4. The van der Waals surface area contributed by atoms with Crippen molar-refractivity contribution in [2.24, 2.45) is 4.99 Å². The number of para-hydroxylation sites is 1. The number of carboxylic acids is 1. The van der Waals surface area contributed by atoms with Crippen molar-refractivity contribution in [3.8, 4) is 11.4 Å². The molecule has 3 N–H and O–H groups in total. The van der Waals surface area contributed by atoms with Crippen molar-refractivity contribution in [3.63, 3.8) is 0 Å². The minimum absolute atomic E-state index is 0.0108. The largest absolute Gasteiger partial charge is 0.505 e. The summed E-state index contributed by atoms with van der Waals surface area (Å²) >= 11 is 0. The number of hydrogen-bond acceptors (Lipinski definition) is 4. The number of aromatic amines is 1. The second-order valence-corrected chi connectivity index (χ2v) is 8.87. The molecule has 0 atom stereocenters. The monoisotopic (exact) mass is 523 g/mol. The Morgan fingerprint density at radius 3 is 2.45 bits per heavy atom. The van der Waals surface area contributed by atoms with E-state index in [1.165, 1.54) is 24.3 Å². The van der Waals surface area contributed by atoms with Crippen LogP contribution in [-0.4, -0.2) is 32.2 Å². The first-order valence-corrected chi connectivity index (χ1v) is 11.6. The molecule has 0 spiro atoms. The number of carbonyl (C=O) groups is 1. The summed E-state index contributed by atoms with van der Waals surface area (Å²) < 4.78 is 41.9. The zero-order valence-corrected chi connectivity index (χ0v) is 20.5. The van der Waals surface area contributed by atoms with E-state index in [-0.39, 0.29) is 22.7 Å². The molecule has 0 unspecified atom stereocenters. The van der Waals surface area contributed by atoms with Crippen molar-refractivity contribution in [3.05, 3.63) is 110 Å². The minimum Gasteiger partial charge on any atom is -0.505 e. The molecule has 0 fully saturated rings. The van der Waals surface area contributed by atoms with Gasteiger partial charge in [0.2, 0.25) is 0 Å². The summed E-state index contributed by atoms with van der Waals surface area (Å²) in [5, 5.41) is 21.9. The van der Waals surface area contributed by atoms with E-state index in [4.69, 9.17) is 0 Å². The van der Waals surface area contributed by atoms with Gasteiger partial charge in [-0.2, -0.15) is 13.2 Å². The van der Waals surface area contributed by atoms with Gasteiger partial charge in [0.05, 0.1) is 16.8 Å². The van der Waals surface area contributed by atoms with Gasteiger partial charge < -0.3 is 10.2 Å². The average Bonchev–Trinajstić information content (AvgIpc) is 3.21. The van der Waals surface area contributed by atoms with E-state index in [1.807, 2.05) is 31.1 Å². The van der Waals surface area contributed by atoms with Crippen LogP contribution in [0.3, 0.4) is 0 Å². The van der Waals surface area contributed by atoms with Gasteiger partial charge in [-0.1, -0.05) is 42.0 Å². The van der Waals surface area contributed by atoms with Gasteiger partial charge in [0, 0.05) is 6.21 Å². The Morgan fingerprint density at radius 2 is 1.74 bits per heavy atom. The number of halogens is 3. The summed E-state index contributed by atoms with van der Waals surface area (Å²) in [6, 6.07) is 15.8. The Labute approximate surface area is 215 Å². The molecule has 1 heterocycles. The Kier molecular flexibility index (Phi) is 7.25. The summed E-state index contributed by atoms with van der Waals surface area (Å²) in [6.07, 6.45) is -3.05. The van der Waals surface area contributed by atoms with Crippen molar-refractivity contribution >= 4 is 17.9 Å². The lowest BCUT2D eigenvalue weighted by Crippen LogP contribution is -2.17. The van der Waals surface area contributed by atoms with Gasteiger partial charge in [-0.15, -0.1) is 0 Å². The molecule has 0 amide bonds. The Balaban J connectivity index is 1.68. The average molecular weight is 524 g/mol. The van der Waals surface area contributed by atoms with Crippen LogP contribution in [0.15, 0.2) is 70.5 Å². The van der Waals surface area contributed by atoms with Crippen LogP contribution in [0.5, 0.6) is 5.75 Å². The number of aromatic hydroxyl groups is 1. The third-order valence-corrected chi connectivity index (χ3v) is 6.16. The number of aliphatic imine (C=N–C) groups is 1. The number of phenolic OH excluding ortho intramolecular Hbond substituents is 1. The molecule has 4 rings (SSSR count). The number of hydrogen-bond donors (Lipinski definition) is 3. The van der Waals surface area contributed by atoms with E-state index in [0.717, 1.165) is 29.0 Å². The Morgan fingerprint density at radius 1 is 1.03 bits per heavy atom. The first-order chi connectivity index (χ1) is 18.0. The first kappa shape index (κ1) is 26.5. The van der Waals surface area contributed by atoms with Crippen LogP contribution in [0.25, 0.3) is 5.69 Å². The maximum Gasteiger partial charge on any atom is 0.433 e. The molecule has 0 saturated carbocycles. The van der Waals surface area contributed by atoms with Gasteiger partial charge >= 0.3 is 12.1 Å². The smallest absolute Gasteiger partial charge is 0.433 e. The molecule has 3 aromatic carbocycles. The van der Waals surface area contributed by atoms with Crippen molar-refractivity contribution < 1.29 is 28.2 Å². The highest BCUT2D eigenvalue weighted by molar-refractivity contribution is 5.88. The zero-order chi connectivity index (χ0) is 27.6. The van der Waals surface area contributed by atoms with Crippen molar-refractivity contribution in [2.45, 2.75) is 32.9 Å². The van der Waals surface area contributed by atoms with Crippen LogP contribution in [0.2, 0.25) is 0 Å². The SMILES string of the molecule is Cc1ccc(C)c(CCc2cccc(N=Cc3c(C(F)(F)F)[nH]n(-c4cccc(C(=O)O)c4)c3=O)c2O)c1. The van der Waals surface area contributed by atoms with Gasteiger partial charge in [0.1, 0.15) is 11.4 Å². The van der Waals surface area contributed by atoms with Crippen LogP contribution in [0, 0.1) is 13.8 Å². The van der Waals surface area contributed by atoms with Crippen LogP contribution < -0.4 is 5.56 Å². The highest BCUT2D eigenvalue weighted by Gasteiger charge is 2.37. The van der Waals surface area contributed by atoms with Crippen LogP contribution in [0.4, 0.5) is 18.9 Å². The number of carboxylic acid groups (broad SMARTS) is 1. The maximum atomic E-state index is 13.8. The fraction of sp³-hybridized carbons (Fsp3) is 0.179. The lowest BCUT2D eigenvalue weighted by atomic mass is 9.98. The molecule has 0 radical (unpaired) electrons. The van der Waals surface area contributed by atoms with Crippen molar-refractivity contribution in [2.75, 3.05) is 0 Å². The van der Waals surface area contributed by atoms with E-state index < -0.39 is 29.0 Å². The molecule has 0 aliphatic rings. The predicted octanol–water partition coefficient (Wildman–Crippen LogP) is 5.74. The first-order valence-electron chi connectivity index (χ1n) is 11.6. The molecule has 4 aromatic rings. The summed E-state index contributed by atoms with van der Waals surface area (Å²) in [5.41, 5.74) is 0.428. The molecule has 0 bridgehead atoms. The fourth-order valence-corrected chi connectivity index (χ4v) is 4.10. The number of aromatic nitrogens is 2. The molecule has 196 valence electrons. The number of aromatic carboxylic acids is 1. The molecule has 7 nitrogen and oxygen atoms in total. The molecular weight excluding hydrogens is 499 g/mol. The second kappa shape index (κ2) is 10.4. The van der Waals surface area contributed by atoms with E-state index >= 15 is 0 Å². The maximum absolute atomic E-state index is 13.8. The normalized spacial score (nSPS) is 11.8. The summed E-state index contributed by atoms with van der Waals surface area (Å²) in [4.78, 5) is 28.2. The molecule has 0 saturated heterocycles. The van der Waals surface area contributed by atoms with E-state index in [9.17, 15) is 33.0 Å². The Hall–Kier alpha value is -4.60. The van der Waals surface area contributed by atoms with Crippen LogP contribution >= 0.6 is 0 Å². The number of benzene rings is 3. The van der Waals surface area contributed by atoms with E-state index in [1.54, 1.807) is 12.1 Å². The topological polar surface area (TPSA) is 108 Å². The molecule has 0 aliphatic heterocycles. The third-order valence-electron chi connectivity index (χ3n) is 6.16. The minimum atomic E-state index is -4.92. The van der Waals surface area contributed by atoms with Gasteiger partial charge in [-0.25, -0.2) is 9.48 Å². The molecule has 10 heteroatoms. The number of alkyl halides is 3. The summed E-state index contributed by atoms with van der Waals surface area (Å²) in [6.45, 7) is 3.98. The van der Waals surface area contributed by atoms with Crippen molar-refractivity contribution in [1.82, 2.24) is 9.78 Å². The van der Waals surface area contributed by atoms with Crippen LogP contribution in [0.1, 0.15) is 43.9 Å². The van der Waals surface area contributed by atoms with Gasteiger partial charge in [0.15, 0.2) is 5.69 Å². The van der Waals surface area contributed by atoms with Gasteiger partial charge in [-0.3, -0.25) is 14.9 Å². The quantitative estimate of drug-likeness (QED) is 0.269. The second-order valence-electron chi connectivity index (χ2n) is 8.87. The van der Waals surface area contributed by atoms with E-state index in [0.29, 0.717) is 23.1 Å². The predicted molar refractivity (Wildman–Crippen MR) is 137 cm³/mol. The highest BCUT2D eigenvalue weighted by atomic mass is 19.4. The number of rotatable bonds is 7. The number of nitrogens with one attached hydrogen (secondary N) is 1. The Bertz CT molecular complexity index is 1600. The molecule has 1 aromatic heterocycles. The third kappa shape index (κ3) is 5.54. The van der Waals surface area contributed by atoms with E-state index in [2.05, 4.69) is 11.1 Å². The van der Waals surface area contributed by atoms with Crippen molar-refractivity contribution in [1.29, 1.82) is 0 Å². The lowest BCUT2D eigenvalue weighted by molar-refractivity contribution is -0.141.